The van der Waals surface area contributed by atoms with Crippen molar-refractivity contribution < 1.29 is 14.3 Å². The van der Waals surface area contributed by atoms with Crippen molar-refractivity contribution >= 4 is 11.5 Å². The van der Waals surface area contributed by atoms with Gasteiger partial charge in [0.05, 0.1) is 25.5 Å². The number of nitrogen functional groups attached to an aromatic ring is 1. The predicted molar refractivity (Wildman–Crippen MR) is 83.3 cm³/mol. The van der Waals surface area contributed by atoms with Gasteiger partial charge in [-0.25, -0.2) is 0 Å². The van der Waals surface area contributed by atoms with Crippen LogP contribution in [0.1, 0.15) is 27.0 Å². The minimum atomic E-state index is -0.133. The standard InChI is InChI=1S/C17H19NO3/c1-10-5-6-11(2)13(7-10)17(19)14-8-12(20-3)9-15(21-4)16(14)18/h5-9H,18H2,1-4H3. The number of hydrogen-bond acceptors (Lipinski definition) is 4. The largest absolute Gasteiger partial charge is 0.497 e. The molecule has 4 heteroatoms. The zero-order valence-electron chi connectivity index (χ0n) is 12.7. The molecule has 0 saturated carbocycles. The second-order valence-corrected chi connectivity index (χ2v) is 4.94. The van der Waals surface area contributed by atoms with Crippen LogP contribution >= 0.6 is 0 Å². The van der Waals surface area contributed by atoms with Crippen molar-refractivity contribution in [3.05, 3.63) is 52.6 Å². The first-order valence-corrected chi connectivity index (χ1v) is 6.61. The Labute approximate surface area is 124 Å². The van der Waals surface area contributed by atoms with Gasteiger partial charge in [-0.15, -0.1) is 0 Å². The third-order valence-corrected chi connectivity index (χ3v) is 3.45. The number of hydrogen-bond donors (Lipinski definition) is 1. The molecular formula is C17H19NO3. The molecule has 2 aromatic carbocycles. The molecule has 0 aliphatic rings. The van der Waals surface area contributed by atoms with Gasteiger partial charge in [0.1, 0.15) is 11.5 Å². The highest BCUT2D eigenvalue weighted by atomic mass is 16.5. The maximum Gasteiger partial charge on any atom is 0.195 e. The van der Waals surface area contributed by atoms with Crippen LogP contribution in [0.3, 0.4) is 0 Å². The normalized spacial score (nSPS) is 10.3. The molecule has 0 fully saturated rings. The molecule has 0 amide bonds. The van der Waals surface area contributed by atoms with Crippen molar-refractivity contribution in [1.29, 1.82) is 0 Å². The summed E-state index contributed by atoms with van der Waals surface area (Å²) in [6.45, 7) is 3.85. The van der Waals surface area contributed by atoms with Crippen molar-refractivity contribution in [3.8, 4) is 11.5 Å². The average Bonchev–Trinajstić information content (AvgIpc) is 2.49. The van der Waals surface area contributed by atoms with Crippen molar-refractivity contribution in [3.63, 3.8) is 0 Å². The van der Waals surface area contributed by atoms with Crippen molar-refractivity contribution in [2.45, 2.75) is 13.8 Å². The molecule has 0 aromatic heterocycles. The van der Waals surface area contributed by atoms with Gasteiger partial charge in [0, 0.05) is 11.6 Å². The van der Waals surface area contributed by atoms with Crippen LogP contribution in [0.5, 0.6) is 11.5 Å². The molecule has 0 heterocycles. The average molecular weight is 285 g/mol. The predicted octanol–water partition coefficient (Wildman–Crippen LogP) is 3.13. The molecule has 0 unspecified atom stereocenters. The molecular weight excluding hydrogens is 266 g/mol. The lowest BCUT2D eigenvalue weighted by molar-refractivity contribution is 0.103. The number of carbonyl (C=O) groups is 1. The summed E-state index contributed by atoms with van der Waals surface area (Å²) in [5, 5.41) is 0. The van der Waals surface area contributed by atoms with Crippen LogP contribution in [-0.4, -0.2) is 20.0 Å². The van der Waals surface area contributed by atoms with E-state index in [4.69, 9.17) is 15.2 Å². The number of carbonyl (C=O) groups excluding carboxylic acids is 1. The van der Waals surface area contributed by atoms with E-state index in [9.17, 15) is 4.79 Å². The van der Waals surface area contributed by atoms with E-state index >= 15 is 0 Å². The number of methoxy groups -OCH3 is 2. The van der Waals surface area contributed by atoms with E-state index in [1.165, 1.54) is 14.2 Å². The summed E-state index contributed by atoms with van der Waals surface area (Å²) < 4.78 is 10.4. The molecule has 0 saturated heterocycles. The summed E-state index contributed by atoms with van der Waals surface area (Å²) >= 11 is 0. The molecule has 2 aromatic rings. The Balaban J connectivity index is 2.60. The highest BCUT2D eigenvalue weighted by Gasteiger charge is 2.19. The molecule has 0 aliphatic heterocycles. The van der Waals surface area contributed by atoms with Crippen molar-refractivity contribution in [2.24, 2.45) is 0 Å². The zero-order chi connectivity index (χ0) is 15.6. The van der Waals surface area contributed by atoms with Gasteiger partial charge >= 0.3 is 0 Å². The molecule has 4 nitrogen and oxygen atoms in total. The van der Waals surface area contributed by atoms with Gasteiger partial charge in [-0.05, 0) is 31.5 Å². The molecule has 0 atom stereocenters. The van der Waals surface area contributed by atoms with E-state index < -0.39 is 0 Å². The molecule has 21 heavy (non-hydrogen) atoms. The van der Waals surface area contributed by atoms with E-state index in [-0.39, 0.29) is 5.78 Å². The first kappa shape index (κ1) is 14.9. The lowest BCUT2D eigenvalue weighted by atomic mass is 9.96. The fourth-order valence-electron chi connectivity index (χ4n) is 2.20. The van der Waals surface area contributed by atoms with Crippen LogP contribution in [-0.2, 0) is 0 Å². The van der Waals surface area contributed by atoms with Gasteiger partial charge in [-0.1, -0.05) is 17.7 Å². The summed E-state index contributed by atoms with van der Waals surface area (Å²) in [5.41, 5.74) is 9.33. The van der Waals surface area contributed by atoms with Gasteiger partial charge < -0.3 is 15.2 Å². The Morgan fingerprint density at radius 3 is 2.33 bits per heavy atom. The molecule has 0 bridgehead atoms. The summed E-state index contributed by atoms with van der Waals surface area (Å²) in [4.78, 5) is 12.8. The number of nitrogens with two attached hydrogens (primary N) is 1. The first-order valence-electron chi connectivity index (χ1n) is 6.61. The van der Waals surface area contributed by atoms with Crippen molar-refractivity contribution in [2.75, 3.05) is 20.0 Å². The Bertz CT molecular complexity index is 693. The van der Waals surface area contributed by atoms with E-state index in [2.05, 4.69) is 0 Å². The molecule has 0 aliphatic carbocycles. The highest BCUT2D eigenvalue weighted by Crippen LogP contribution is 2.33. The summed E-state index contributed by atoms with van der Waals surface area (Å²) in [6, 6.07) is 9.07. The van der Waals surface area contributed by atoms with E-state index in [1.54, 1.807) is 12.1 Å². The van der Waals surface area contributed by atoms with Crippen LogP contribution in [0.4, 0.5) is 5.69 Å². The number of ketones is 1. The Hall–Kier alpha value is -2.49. The Morgan fingerprint density at radius 1 is 1.00 bits per heavy atom. The topological polar surface area (TPSA) is 61.6 Å². The van der Waals surface area contributed by atoms with Gasteiger partial charge in [-0.2, -0.15) is 0 Å². The summed E-state index contributed by atoms with van der Waals surface area (Å²) in [7, 11) is 3.05. The van der Waals surface area contributed by atoms with Gasteiger partial charge in [-0.3, -0.25) is 4.79 Å². The molecule has 0 radical (unpaired) electrons. The maximum absolute atomic E-state index is 12.8. The van der Waals surface area contributed by atoms with Crippen LogP contribution < -0.4 is 15.2 Å². The SMILES string of the molecule is COc1cc(OC)c(N)c(C(=O)c2cc(C)ccc2C)c1. The van der Waals surface area contributed by atoms with Crippen molar-refractivity contribution in [1.82, 2.24) is 0 Å². The van der Waals surface area contributed by atoms with Crippen LogP contribution in [0, 0.1) is 13.8 Å². The lowest BCUT2D eigenvalue weighted by Gasteiger charge is -2.13. The van der Waals surface area contributed by atoms with Gasteiger partial charge in [0.15, 0.2) is 5.78 Å². The van der Waals surface area contributed by atoms with Crippen LogP contribution in [0.25, 0.3) is 0 Å². The monoisotopic (exact) mass is 285 g/mol. The second-order valence-electron chi connectivity index (χ2n) is 4.94. The summed E-state index contributed by atoms with van der Waals surface area (Å²) in [6.07, 6.45) is 0. The lowest BCUT2D eigenvalue weighted by Crippen LogP contribution is -2.09. The molecule has 110 valence electrons. The summed E-state index contributed by atoms with van der Waals surface area (Å²) in [5.74, 6) is 0.837. The van der Waals surface area contributed by atoms with Gasteiger partial charge in [0.2, 0.25) is 0 Å². The maximum atomic E-state index is 12.8. The Morgan fingerprint density at radius 2 is 1.71 bits per heavy atom. The number of rotatable bonds is 4. The highest BCUT2D eigenvalue weighted by molar-refractivity contribution is 6.13. The van der Waals surface area contributed by atoms with Crippen LogP contribution in [0.15, 0.2) is 30.3 Å². The minimum Gasteiger partial charge on any atom is -0.497 e. The number of anilines is 1. The first-order chi connectivity index (χ1) is 9.97. The molecule has 2 rings (SSSR count). The number of benzene rings is 2. The fourth-order valence-corrected chi connectivity index (χ4v) is 2.20. The van der Waals surface area contributed by atoms with E-state index in [0.29, 0.717) is 28.3 Å². The smallest absolute Gasteiger partial charge is 0.195 e. The quantitative estimate of drug-likeness (QED) is 0.692. The third-order valence-electron chi connectivity index (χ3n) is 3.45. The second kappa shape index (κ2) is 5.87. The van der Waals surface area contributed by atoms with E-state index in [1.807, 2.05) is 32.0 Å². The molecule has 2 N–H and O–H groups in total. The van der Waals surface area contributed by atoms with Crippen LogP contribution in [0.2, 0.25) is 0 Å². The number of aryl methyl sites for hydroxylation is 2. The Kier molecular flexibility index (Phi) is 4.17. The van der Waals surface area contributed by atoms with E-state index in [0.717, 1.165) is 11.1 Å². The molecule has 0 spiro atoms. The van der Waals surface area contributed by atoms with Gasteiger partial charge in [0.25, 0.3) is 0 Å². The third kappa shape index (κ3) is 2.84. The fraction of sp³-hybridized carbons (Fsp3) is 0.235. The number of ether oxygens (including phenoxy) is 2. The zero-order valence-corrected chi connectivity index (χ0v) is 12.7. The minimum absolute atomic E-state index is 0.133.